The lowest BCUT2D eigenvalue weighted by Gasteiger charge is -2.05. The lowest BCUT2D eigenvalue weighted by atomic mass is 10.1. The smallest absolute Gasteiger partial charge is 0.335 e. The molecular formula is C9H6Cl2O2. The minimum atomic E-state index is -1.13. The fourth-order valence-corrected chi connectivity index (χ4v) is 1.52. The second-order valence-electron chi connectivity index (χ2n) is 2.38. The summed E-state index contributed by atoms with van der Waals surface area (Å²) in [6.45, 7) is 3.38. The standard InChI is InChI=1S/C9H6Cl2O2/c1-5(9(12)13)8-6(10)3-2-4-7(8)11/h2-4H,1H2,(H,12,13). The van der Waals surface area contributed by atoms with Crippen molar-refractivity contribution in [2.45, 2.75) is 0 Å². The predicted octanol–water partition coefficient (Wildman–Crippen LogP) is 3.09. The largest absolute Gasteiger partial charge is 0.478 e. The van der Waals surface area contributed by atoms with Gasteiger partial charge in [-0.3, -0.25) is 0 Å². The molecule has 0 aliphatic heterocycles. The van der Waals surface area contributed by atoms with E-state index in [1.54, 1.807) is 18.2 Å². The Morgan fingerprint density at radius 2 is 1.77 bits per heavy atom. The maximum Gasteiger partial charge on any atom is 0.335 e. The zero-order chi connectivity index (χ0) is 10.0. The molecule has 0 saturated carbocycles. The van der Waals surface area contributed by atoms with E-state index in [0.717, 1.165) is 0 Å². The molecule has 0 amide bonds. The van der Waals surface area contributed by atoms with Crippen LogP contribution in [0.1, 0.15) is 5.56 Å². The molecule has 0 atom stereocenters. The molecule has 4 heteroatoms. The first-order valence-electron chi connectivity index (χ1n) is 3.40. The summed E-state index contributed by atoms with van der Waals surface area (Å²) in [6, 6.07) is 4.77. The van der Waals surface area contributed by atoms with Crippen LogP contribution in [0, 0.1) is 0 Å². The molecule has 0 aromatic heterocycles. The predicted molar refractivity (Wildman–Crippen MR) is 53.1 cm³/mol. The van der Waals surface area contributed by atoms with Crippen molar-refractivity contribution in [3.8, 4) is 0 Å². The number of aliphatic carboxylic acids is 1. The van der Waals surface area contributed by atoms with Crippen LogP contribution in [-0.4, -0.2) is 11.1 Å². The van der Waals surface area contributed by atoms with Crippen LogP contribution in [0.15, 0.2) is 24.8 Å². The summed E-state index contributed by atoms with van der Waals surface area (Å²) in [5.74, 6) is -1.13. The molecule has 0 aliphatic carbocycles. The number of carboxylic acids is 1. The Labute approximate surface area is 85.4 Å². The molecule has 1 rings (SSSR count). The molecule has 0 spiro atoms. The Kier molecular flexibility index (Phi) is 2.96. The van der Waals surface area contributed by atoms with Crippen molar-refractivity contribution >= 4 is 34.7 Å². The van der Waals surface area contributed by atoms with Gasteiger partial charge >= 0.3 is 5.97 Å². The van der Waals surface area contributed by atoms with Crippen molar-refractivity contribution in [3.05, 3.63) is 40.4 Å². The van der Waals surface area contributed by atoms with E-state index in [4.69, 9.17) is 28.3 Å². The molecule has 13 heavy (non-hydrogen) atoms. The Hall–Kier alpha value is -0.990. The highest BCUT2D eigenvalue weighted by Gasteiger charge is 2.14. The first-order valence-corrected chi connectivity index (χ1v) is 4.16. The Morgan fingerprint density at radius 3 is 2.15 bits per heavy atom. The number of halogens is 2. The van der Waals surface area contributed by atoms with Crippen molar-refractivity contribution in [2.75, 3.05) is 0 Å². The number of benzene rings is 1. The van der Waals surface area contributed by atoms with Crippen molar-refractivity contribution in [1.82, 2.24) is 0 Å². The van der Waals surface area contributed by atoms with Gasteiger partial charge in [-0.25, -0.2) is 4.79 Å². The van der Waals surface area contributed by atoms with Crippen LogP contribution in [0.25, 0.3) is 5.57 Å². The molecule has 1 aromatic rings. The Bertz CT molecular complexity index is 352. The van der Waals surface area contributed by atoms with E-state index < -0.39 is 5.97 Å². The van der Waals surface area contributed by atoms with E-state index in [2.05, 4.69) is 6.58 Å². The van der Waals surface area contributed by atoms with Gasteiger partial charge in [0.1, 0.15) is 0 Å². The SMILES string of the molecule is C=C(C(=O)O)c1c(Cl)cccc1Cl. The number of hydrogen-bond donors (Lipinski definition) is 1. The summed E-state index contributed by atoms with van der Waals surface area (Å²) >= 11 is 11.5. The Balaban J connectivity index is 3.28. The lowest BCUT2D eigenvalue weighted by Crippen LogP contribution is -1.99. The van der Waals surface area contributed by atoms with Gasteiger partial charge < -0.3 is 5.11 Å². The first kappa shape index (κ1) is 10.1. The molecule has 0 aliphatic rings. The maximum absolute atomic E-state index is 10.6. The van der Waals surface area contributed by atoms with Crippen molar-refractivity contribution < 1.29 is 9.90 Å². The van der Waals surface area contributed by atoms with Crippen LogP contribution in [0.5, 0.6) is 0 Å². The van der Waals surface area contributed by atoms with Gasteiger partial charge in [0.05, 0.1) is 15.6 Å². The minimum absolute atomic E-state index is 0.101. The summed E-state index contributed by atoms with van der Waals surface area (Å²) in [7, 11) is 0. The van der Waals surface area contributed by atoms with Crippen LogP contribution in [0.3, 0.4) is 0 Å². The van der Waals surface area contributed by atoms with Gasteiger partial charge in [-0.2, -0.15) is 0 Å². The summed E-state index contributed by atoms with van der Waals surface area (Å²) in [5, 5.41) is 9.25. The van der Waals surface area contributed by atoms with Gasteiger partial charge in [0.25, 0.3) is 0 Å². The van der Waals surface area contributed by atoms with Gasteiger partial charge in [0.2, 0.25) is 0 Å². The molecule has 0 unspecified atom stereocenters. The normalized spacial score (nSPS) is 9.69. The molecule has 1 N–H and O–H groups in total. The number of carboxylic acid groups (broad SMARTS) is 1. The zero-order valence-electron chi connectivity index (χ0n) is 6.55. The topological polar surface area (TPSA) is 37.3 Å². The molecule has 0 saturated heterocycles. The third kappa shape index (κ3) is 2.02. The van der Waals surface area contributed by atoms with Crippen molar-refractivity contribution in [1.29, 1.82) is 0 Å². The fraction of sp³-hybridized carbons (Fsp3) is 0. The fourth-order valence-electron chi connectivity index (χ4n) is 0.893. The van der Waals surface area contributed by atoms with Crippen molar-refractivity contribution in [3.63, 3.8) is 0 Å². The van der Waals surface area contributed by atoms with E-state index in [1.807, 2.05) is 0 Å². The van der Waals surface area contributed by atoms with E-state index in [1.165, 1.54) is 0 Å². The van der Waals surface area contributed by atoms with Crippen LogP contribution in [0.2, 0.25) is 10.0 Å². The van der Waals surface area contributed by atoms with E-state index in [9.17, 15) is 4.79 Å². The van der Waals surface area contributed by atoms with E-state index in [0.29, 0.717) is 10.0 Å². The Morgan fingerprint density at radius 1 is 1.31 bits per heavy atom. The summed E-state index contributed by atoms with van der Waals surface area (Å²) in [5.41, 5.74) is 0.175. The monoisotopic (exact) mass is 216 g/mol. The van der Waals surface area contributed by atoms with Crippen LogP contribution >= 0.6 is 23.2 Å². The van der Waals surface area contributed by atoms with E-state index in [-0.39, 0.29) is 11.1 Å². The summed E-state index contributed by atoms with van der Waals surface area (Å²) in [6.07, 6.45) is 0. The molecular weight excluding hydrogens is 211 g/mol. The minimum Gasteiger partial charge on any atom is -0.478 e. The second-order valence-corrected chi connectivity index (χ2v) is 3.19. The molecule has 0 fully saturated rings. The van der Waals surface area contributed by atoms with Crippen LogP contribution in [0.4, 0.5) is 0 Å². The maximum atomic E-state index is 10.6. The third-order valence-corrected chi connectivity index (χ3v) is 2.15. The quantitative estimate of drug-likeness (QED) is 0.772. The lowest BCUT2D eigenvalue weighted by molar-refractivity contribution is -0.130. The number of rotatable bonds is 2. The van der Waals surface area contributed by atoms with Gasteiger partial charge in [-0.15, -0.1) is 0 Å². The van der Waals surface area contributed by atoms with Crippen molar-refractivity contribution in [2.24, 2.45) is 0 Å². The molecule has 0 radical (unpaired) electrons. The molecule has 1 aromatic carbocycles. The number of hydrogen-bond acceptors (Lipinski definition) is 1. The summed E-state index contributed by atoms with van der Waals surface area (Å²) < 4.78 is 0. The van der Waals surface area contributed by atoms with Gasteiger partial charge in [-0.05, 0) is 12.1 Å². The van der Waals surface area contributed by atoms with Gasteiger partial charge in [0, 0.05) is 5.56 Å². The highest BCUT2D eigenvalue weighted by atomic mass is 35.5. The van der Waals surface area contributed by atoms with Crippen LogP contribution < -0.4 is 0 Å². The average Bonchev–Trinajstić information content (AvgIpc) is 2.03. The second kappa shape index (κ2) is 3.81. The summed E-state index contributed by atoms with van der Waals surface area (Å²) in [4.78, 5) is 10.6. The molecule has 0 bridgehead atoms. The van der Waals surface area contributed by atoms with Crippen LogP contribution in [-0.2, 0) is 4.79 Å². The van der Waals surface area contributed by atoms with Gasteiger partial charge in [0.15, 0.2) is 0 Å². The average molecular weight is 217 g/mol. The highest BCUT2D eigenvalue weighted by molar-refractivity contribution is 6.39. The molecule has 2 nitrogen and oxygen atoms in total. The van der Waals surface area contributed by atoms with E-state index >= 15 is 0 Å². The molecule has 68 valence electrons. The zero-order valence-corrected chi connectivity index (χ0v) is 8.06. The first-order chi connectivity index (χ1) is 6.04. The third-order valence-electron chi connectivity index (χ3n) is 1.52. The molecule has 0 heterocycles. The number of carbonyl (C=O) groups is 1. The highest BCUT2D eigenvalue weighted by Crippen LogP contribution is 2.29. The van der Waals surface area contributed by atoms with Gasteiger partial charge in [-0.1, -0.05) is 35.8 Å².